The summed E-state index contributed by atoms with van der Waals surface area (Å²) >= 11 is 6.00. The summed E-state index contributed by atoms with van der Waals surface area (Å²) < 4.78 is 26.8. The lowest BCUT2D eigenvalue weighted by Gasteiger charge is -2.14. The Morgan fingerprint density at radius 1 is 1.04 bits per heavy atom. The highest BCUT2D eigenvalue weighted by Gasteiger charge is 2.22. The molecule has 1 N–H and O–H groups in total. The summed E-state index contributed by atoms with van der Waals surface area (Å²) in [6, 6.07) is 15.1. The predicted octanol–water partition coefficient (Wildman–Crippen LogP) is 3.00. The molecule has 1 aromatic heterocycles. The van der Waals surface area contributed by atoms with E-state index in [2.05, 4.69) is 20.2 Å². The molecule has 0 bridgehead atoms. The van der Waals surface area contributed by atoms with Gasteiger partial charge in [0.2, 0.25) is 0 Å². The summed E-state index contributed by atoms with van der Waals surface area (Å²) in [5.41, 5.74) is 2.57. The van der Waals surface area contributed by atoms with Crippen LogP contribution in [0.4, 0.5) is 0 Å². The second-order valence-electron chi connectivity index (χ2n) is 6.45. The second kappa shape index (κ2) is 7.73. The average Bonchev–Trinajstić information content (AvgIpc) is 3.14. The van der Waals surface area contributed by atoms with Crippen LogP contribution < -0.4 is 4.83 Å². The van der Waals surface area contributed by atoms with Gasteiger partial charge in [-0.1, -0.05) is 35.0 Å². The molecule has 144 valence electrons. The lowest BCUT2D eigenvalue weighted by molar-refractivity contribution is 0.584. The molecule has 1 aliphatic rings. The number of aromatic nitrogens is 3. The molecule has 0 amide bonds. The van der Waals surface area contributed by atoms with Crippen LogP contribution in [-0.4, -0.2) is 29.2 Å². The van der Waals surface area contributed by atoms with Gasteiger partial charge in [-0.25, -0.2) is 0 Å². The van der Waals surface area contributed by atoms with Crippen LogP contribution in [0.1, 0.15) is 29.8 Å². The predicted molar refractivity (Wildman–Crippen MR) is 107 cm³/mol. The molecule has 2 aromatic carbocycles. The summed E-state index contributed by atoms with van der Waals surface area (Å²) in [6.45, 7) is 0. The number of halogens is 1. The van der Waals surface area contributed by atoms with E-state index in [1.165, 1.54) is 12.1 Å². The van der Waals surface area contributed by atoms with E-state index in [0.29, 0.717) is 16.4 Å². The zero-order chi connectivity index (χ0) is 19.6. The van der Waals surface area contributed by atoms with Crippen molar-refractivity contribution in [3.8, 4) is 0 Å². The quantitative estimate of drug-likeness (QED) is 0.403. The monoisotopic (exact) mass is 415 g/mol. The zero-order valence-electron chi connectivity index (χ0n) is 14.9. The standard InChI is InChI=1S/C19H18ClN5O2S/c20-15-12-10-14(11-13-15)19(25-18-9-5-4-8-17(18)21-23-25)22-24-28(26,27)16-6-2-1-3-7-16/h1-3,6-7,10-13,24H,4-5,8-9H2/b22-19+. The molecular formula is C19H18ClN5O2S. The lowest BCUT2D eigenvalue weighted by Crippen LogP contribution is -2.26. The van der Waals surface area contributed by atoms with Gasteiger partial charge >= 0.3 is 0 Å². The minimum atomic E-state index is -3.81. The maximum absolute atomic E-state index is 12.6. The first-order valence-corrected chi connectivity index (χ1v) is 10.7. The number of hydrazone groups is 1. The van der Waals surface area contributed by atoms with Gasteiger partial charge < -0.3 is 0 Å². The van der Waals surface area contributed by atoms with E-state index < -0.39 is 10.0 Å². The molecule has 1 heterocycles. The van der Waals surface area contributed by atoms with Gasteiger partial charge in [-0.3, -0.25) is 0 Å². The Bertz CT molecular complexity index is 1110. The van der Waals surface area contributed by atoms with Gasteiger partial charge in [-0.05, 0) is 62.1 Å². The van der Waals surface area contributed by atoms with Crippen molar-refractivity contribution in [2.24, 2.45) is 5.10 Å². The molecule has 0 saturated heterocycles. The van der Waals surface area contributed by atoms with Crippen molar-refractivity contribution in [3.63, 3.8) is 0 Å². The van der Waals surface area contributed by atoms with Gasteiger partial charge in [0.15, 0.2) is 5.84 Å². The second-order valence-corrected chi connectivity index (χ2v) is 8.55. The molecule has 28 heavy (non-hydrogen) atoms. The van der Waals surface area contributed by atoms with Gasteiger partial charge in [0.05, 0.1) is 16.3 Å². The summed E-state index contributed by atoms with van der Waals surface area (Å²) in [6.07, 6.45) is 3.78. The highest BCUT2D eigenvalue weighted by atomic mass is 35.5. The van der Waals surface area contributed by atoms with Crippen molar-refractivity contribution in [1.82, 2.24) is 19.8 Å². The molecule has 0 unspecified atom stereocenters. The number of nitrogens with zero attached hydrogens (tertiary/aromatic N) is 4. The average molecular weight is 416 g/mol. The minimum Gasteiger partial charge on any atom is -0.200 e. The third-order valence-corrected chi connectivity index (χ3v) is 6.03. The molecule has 1 aliphatic carbocycles. The Hall–Kier alpha value is -2.71. The molecule has 4 rings (SSSR count). The fraction of sp³-hybridized carbons (Fsp3) is 0.211. The summed E-state index contributed by atoms with van der Waals surface area (Å²) in [5.74, 6) is 0.354. The Labute approximate surface area is 168 Å². The molecule has 0 spiro atoms. The van der Waals surface area contributed by atoms with Crippen LogP contribution >= 0.6 is 11.6 Å². The molecule has 0 saturated carbocycles. The number of nitrogens with one attached hydrogen (secondary N) is 1. The fourth-order valence-electron chi connectivity index (χ4n) is 3.12. The van der Waals surface area contributed by atoms with Crippen LogP contribution in [0.5, 0.6) is 0 Å². The molecule has 0 fully saturated rings. The van der Waals surface area contributed by atoms with Crippen LogP contribution in [-0.2, 0) is 22.9 Å². The Morgan fingerprint density at radius 2 is 1.75 bits per heavy atom. The smallest absolute Gasteiger partial charge is 0.200 e. The highest BCUT2D eigenvalue weighted by Crippen LogP contribution is 2.20. The maximum atomic E-state index is 12.6. The maximum Gasteiger partial charge on any atom is 0.276 e. The van der Waals surface area contributed by atoms with E-state index in [1.54, 1.807) is 47.1 Å². The fourth-order valence-corrected chi connectivity index (χ4v) is 4.07. The highest BCUT2D eigenvalue weighted by molar-refractivity contribution is 7.89. The van der Waals surface area contributed by atoms with Crippen LogP contribution in [0.25, 0.3) is 0 Å². The molecule has 7 nitrogen and oxygen atoms in total. The lowest BCUT2D eigenvalue weighted by atomic mass is 10.0. The molecule has 0 radical (unpaired) electrons. The Balaban J connectivity index is 1.76. The van der Waals surface area contributed by atoms with Crippen molar-refractivity contribution in [2.75, 3.05) is 0 Å². The van der Waals surface area contributed by atoms with E-state index in [0.717, 1.165) is 37.1 Å². The summed E-state index contributed by atoms with van der Waals surface area (Å²) in [5, 5.41) is 13.3. The SMILES string of the molecule is O=S(=O)(N/N=C(\c1ccc(Cl)cc1)n1nnc2c1CCCC2)c1ccccc1. The van der Waals surface area contributed by atoms with Crippen LogP contribution in [0.3, 0.4) is 0 Å². The van der Waals surface area contributed by atoms with Crippen LogP contribution in [0.15, 0.2) is 64.6 Å². The number of sulfonamides is 1. The van der Waals surface area contributed by atoms with Gasteiger partial charge in [-0.15, -0.1) is 10.2 Å². The summed E-state index contributed by atoms with van der Waals surface area (Å²) in [7, 11) is -3.81. The Kier molecular flexibility index (Phi) is 5.15. The van der Waals surface area contributed by atoms with E-state index in [9.17, 15) is 8.42 Å². The van der Waals surface area contributed by atoms with E-state index in [4.69, 9.17) is 11.6 Å². The number of aryl methyl sites for hydroxylation is 1. The molecule has 9 heteroatoms. The normalized spacial score (nSPS) is 14.5. The van der Waals surface area contributed by atoms with Crippen molar-refractivity contribution in [2.45, 2.75) is 30.6 Å². The minimum absolute atomic E-state index is 0.134. The van der Waals surface area contributed by atoms with Gasteiger partial charge in [0.1, 0.15) is 0 Å². The topological polar surface area (TPSA) is 89.2 Å². The first kappa shape index (κ1) is 18.6. The van der Waals surface area contributed by atoms with Gasteiger partial charge in [-0.2, -0.15) is 17.9 Å². The largest absolute Gasteiger partial charge is 0.276 e. The number of hydrogen-bond acceptors (Lipinski definition) is 5. The van der Waals surface area contributed by atoms with Crippen LogP contribution in [0.2, 0.25) is 5.02 Å². The number of fused-ring (bicyclic) bond motifs is 1. The van der Waals surface area contributed by atoms with E-state index >= 15 is 0 Å². The first-order valence-electron chi connectivity index (χ1n) is 8.89. The van der Waals surface area contributed by atoms with Crippen LogP contribution in [0, 0.1) is 0 Å². The van der Waals surface area contributed by atoms with Crippen molar-refractivity contribution in [1.29, 1.82) is 0 Å². The third-order valence-electron chi connectivity index (χ3n) is 4.55. The number of benzene rings is 2. The van der Waals surface area contributed by atoms with E-state index in [-0.39, 0.29) is 4.90 Å². The Morgan fingerprint density at radius 3 is 2.50 bits per heavy atom. The van der Waals surface area contributed by atoms with E-state index in [1.807, 2.05) is 0 Å². The van der Waals surface area contributed by atoms with Gasteiger partial charge in [0.25, 0.3) is 10.0 Å². The molecular weight excluding hydrogens is 398 g/mol. The van der Waals surface area contributed by atoms with Crippen molar-refractivity contribution < 1.29 is 8.42 Å². The zero-order valence-corrected chi connectivity index (χ0v) is 16.5. The molecule has 3 aromatic rings. The van der Waals surface area contributed by atoms with Crippen molar-refractivity contribution in [3.05, 3.63) is 76.6 Å². The summed E-state index contributed by atoms with van der Waals surface area (Å²) in [4.78, 5) is 2.46. The van der Waals surface area contributed by atoms with Gasteiger partial charge in [0, 0.05) is 10.6 Å². The first-order chi connectivity index (χ1) is 13.5. The van der Waals surface area contributed by atoms with Crippen molar-refractivity contribution >= 4 is 27.5 Å². The number of hydrogen-bond donors (Lipinski definition) is 1. The molecule has 0 aliphatic heterocycles. The third kappa shape index (κ3) is 3.79. The molecule has 0 atom stereocenters. The number of rotatable bonds is 4.